The Labute approximate surface area is 108 Å². The van der Waals surface area contributed by atoms with Gasteiger partial charge in [-0.1, -0.05) is 19.9 Å². The van der Waals surface area contributed by atoms with Gasteiger partial charge < -0.3 is 0 Å². The van der Waals surface area contributed by atoms with Gasteiger partial charge in [-0.15, -0.1) is 11.6 Å². The number of nitro groups is 1. The Hall–Kier alpha value is -0.610. The van der Waals surface area contributed by atoms with Crippen molar-refractivity contribution in [3.8, 4) is 0 Å². The van der Waals surface area contributed by atoms with Gasteiger partial charge in [-0.05, 0) is 39.4 Å². The predicted molar refractivity (Wildman–Crippen MR) is 68.9 cm³/mol. The van der Waals surface area contributed by atoms with E-state index in [0.29, 0.717) is 16.3 Å². The van der Waals surface area contributed by atoms with E-state index in [4.69, 9.17) is 11.6 Å². The summed E-state index contributed by atoms with van der Waals surface area (Å²) >= 11 is 9.13. The lowest BCUT2D eigenvalue weighted by Gasteiger charge is -2.12. The largest absolute Gasteiger partial charge is 0.283 e. The summed E-state index contributed by atoms with van der Waals surface area (Å²) in [7, 11) is 0. The van der Waals surface area contributed by atoms with Crippen molar-refractivity contribution in [1.82, 2.24) is 0 Å². The van der Waals surface area contributed by atoms with Crippen LogP contribution >= 0.6 is 27.5 Å². The van der Waals surface area contributed by atoms with Gasteiger partial charge in [-0.25, -0.2) is 0 Å². The van der Waals surface area contributed by atoms with E-state index in [2.05, 4.69) is 29.8 Å². The van der Waals surface area contributed by atoms with Crippen LogP contribution in [-0.4, -0.2) is 4.92 Å². The topological polar surface area (TPSA) is 43.1 Å². The maximum absolute atomic E-state index is 10.8. The number of benzene rings is 1. The minimum Gasteiger partial charge on any atom is -0.258 e. The lowest BCUT2D eigenvalue weighted by Crippen LogP contribution is -2.02. The molecule has 0 amide bonds. The quantitative estimate of drug-likeness (QED) is 0.473. The molecule has 0 heterocycles. The summed E-state index contributed by atoms with van der Waals surface area (Å²) in [5.41, 5.74) is 2.00. The van der Waals surface area contributed by atoms with Gasteiger partial charge in [0.05, 0.1) is 9.40 Å². The van der Waals surface area contributed by atoms with Crippen LogP contribution < -0.4 is 0 Å². The molecule has 1 rings (SSSR count). The van der Waals surface area contributed by atoms with Crippen molar-refractivity contribution < 1.29 is 4.92 Å². The predicted octanol–water partition coefficient (Wildman–Crippen LogP) is 4.29. The Bertz CT molecular complexity index is 407. The summed E-state index contributed by atoms with van der Waals surface area (Å²) in [6, 6.07) is 3.22. The van der Waals surface area contributed by atoms with Crippen LogP contribution in [0.25, 0.3) is 0 Å². The van der Waals surface area contributed by atoms with Crippen LogP contribution in [-0.2, 0) is 12.3 Å². The molecule has 16 heavy (non-hydrogen) atoms. The van der Waals surface area contributed by atoms with Crippen molar-refractivity contribution in [2.45, 2.75) is 26.1 Å². The third-order valence-electron chi connectivity index (χ3n) is 2.27. The lowest BCUT2D eigenvalue weighted by atomic mass is 9.98. The van der Waals surface area contributed by atoms with Crippen LogP contribution in [0.1, 0.15) is 25.0 Å². The molecule has 0 aliphatic carbocycles. The molecule has 0 bridgehead atoms. The molecule has 0 spiro atoms. The van der Waals surface area contributed by atoms with Crippen LogP contribution in [0.2, 0.25) is 0 Å². The highest BCUT2D eigenvalue weighted by atomic mass is 79.9. The van der Waals surface area contributed by atoms with E-state index in [1.807, 2.05) is 0 Å². The molecule has 0 unspecified atom stereocenters. The molecule has 1 aromatic rings. The molecule has 0 fully saturated rings. The van der Waals surface area contributed by atoms with Crippen LogP contribution in [0.3, 0.4) is 0 Å². The van der Waals surface area contributed by atoms with Gasteiger partial charge in [-0.2, -0.15) is 0 Å². The first-order valence-corrected chi connectivity index (χ1v) is 6.30. The zero-order valence-electron chi connectivity index (χ0n) is 9.17. The van der Waals surface area contributed by atoms with E-state index in [1.54, 1.807) is 6.07 Å². The second-order valence-corrected chi connectivity index (χ2v) is 5.09. The fraction of sp³-hybridized carbons (Fsp3) is 0.455. The highest BCUT2D eigenvalue weighted by Crippen LogP contribution is 2.33. The average Bonchev–Trinajstić information content (AvgIpc) is 2.19. The first-order valence-electron chi connectivity index (χ1n) is 4.98. The monoisotopic (exact) mass is 305 g/mol. The summed E-state index contributed by atoms with van der Waals surface area (Å²) in [6.07, 6.45) is 0.782. The Balaban J connectivity index is 3.28. The van der Waals surface area contributed by atoms with E-state index in [0.717, 1.165) is 17.5 Å². The van der Waals surface area contributed by atoms with Gasteiger partial charge in [0.25, 0.3) is 5.69 Å². The molecule has 0 aromatic heterocycles. The van der Waals surface area contributed by atoms with Gasteiger partial charge in [-0.3, -0.25) is 10.1 Å². The number of hydrogen-bond donors (Lipinski definition) is 0. The van der Waals surface area contributed by atoms with Gasteiger partial charge in [0.1, 0.15) is 0 Å². The summed E-state index contributed by atoms with van der Waals surface area (Å²) < 4.78 is 0.560. The number of halogens is 2. The van der Waals surface area contributed by atoms with E-state index >= 15 is 0 Å². The van der Waals surface area contributed by atoms with Gasteiger partial charge in [0, 0.05) is 11.9 Å². The van der Waals surface area contributed by atoms with Crippen LogP contribution in [0, 0.1) is 16.0 Å². The molecule has 3 nitrogen and oxygen atoms in total. The van der Waals surface area contributed by atoms with Crippen LogP contribution in [0.5, 0.6) is 0 Å². The summed E-state index contributed by atoms with van der Waals surface area (Å²) in [6.45, 7) is 4.15. The number of hydrogen-bond acceptors (Lipinski definition) is 2. The van der Waals surface area contributed by atoms with Gasteiger partial charge >= 0.3 is 0 Å². The molecule has 0 saturated heterocycles. The van der Waals surface area contributed by atoms with E-state index in [9.17, 15) is 10.1 Å². The molecule has 88 valence electrons. The van der Waals surface area contributed by atoms with Crippen molar-refractivity contribution in [2.75, 3.05) is 0 Å². The molecule has 0 radical (unpaired) electrons. The lowest BCUT2D eigenvalue weighted by molar-refractivity contribution is -0.385. The normalized spacial score (nSPS) is 10.8. The SMILES string of the molecule is CC(C)Cc1c(CCl)ccc([N+](=O)[O-])c1Br. The zero-order chi connectivity index (χ0) is 12.3. The van der Waals surface area contributed by atoms with Gasteiger partial charge in [0.2, 0.25) is 0 Å². The number of rotatable bonds is 4. The molecule has 0 saturated carbocycles. The molecule has 0 aliphatic rings. The minimum atomic E-state index is -0.383. The Morgan fingerprint density at radius 3 is 2.56 bits per heavy atom. The fourth-order valence-corrected chi connectivity index (χ4v) is 2.49. The highest BCUT2D eigenvalue weighted by molar-refractivity contribution is 9.10. The summed E-state index contributed by atoms with van der Waals surface area (Å²) in [4.78, 5) is 10.4. The van der Waals surface area contributed by atoms with Gasteiger partial charge in [0.15, 0.2) is 0 Å². The molecule has 0 aliphatic heterocycles. The molecular formula is C11H13BrClNO2. The second kappa shape index (κ2) is 5.64. The standard InChI is InChI=1S/C11H13BrClNO2/c1-7(2)5-9-8(6-13)3-4-10(11(9)12)14(15)16/h3-4,7H,5-6H2,1-2H3. The van der Waals surface area contributed by atoms with E-state index < -0.39 is 0 Å². The average molecular weight is 307 g/mol. The van der Waals surface area contributed by atoms with E-state index in [-0.39, 0.29) is 10.6 Å². The van der Waals surface area contributed by atoms with Crippen molar-refractivity contribution in [3.05, 3.63) is 37.8 Å². The smallest absolute Gasteiger partial charge is 0.258 e. The number of alkyl halides is 1. The Morgan fingerprint density at radius 1 is 1.50 bits per heavy atom. The molecular weight excluding hydrogens is 293 g/mol. The Kier molecular flexibility index (Phi) is 4.74. The minimum absolute atomic E-state index is 0.101. The molecule has 0 N–H and O–H groups in total. The maximum Gasteiger partial charge on any atom is 0.283 e. The zero-order valence-corrected chi connectivity index (χ0v) is 11.5. The van der Waals surface area contributed by atoms with Crippen LogP contribution in [0.4, 0.5) is 5.69 Å². The molecule has 5 heteroatoms. The third kappa shape index (κ3) is 2.95. The first-order chi connectivity index (χ1) is 7.47. The maximum atomic E-state index is 10.8. The van der Waals surface area contributed by atoms with E-state index in [1.165, 1.54) is 6.07 Å². The number of nitro benzene ring substituents is 1. The van der Waals surface area contributed by atoms with Crippen molar-refractivity contribution >= 4 is 33.2 Å². The number of nitrogens with zero attached hydrogens (tertiary/aromatic N) is 1. The molecule has 1 aromatic carbocycles. The second-order valence-electron chi connectivity index (χ2n) is 4.03. The fourth-order valence-electron chi connectivity index (χ4n) is 1.54. The molecule has 0 atom stereocenters. The highest BCUT2D eigenvalue weighted by Gasteiger charge is 2.18. The Morgan fingerprint density at radius 2 is 2.12 bits per heavy atom. The first kappa shape index (κ1) is 13.5. The van der Waals surface area contributed by atoms with Crippen molar-refractivity contribution in [3.63, 3.8) is 0 Å². The summed E-state index contributed by atoms with van der Waals surface area (Å²) in [5, 5.41) is 10.8. The van der Waals surface area contributed by atoms with Crippen molar-refractivity contribution in [2.24, 2.45) is 5.92 Å². The van der Waals surface area contributed by atoms with Crippen LogP contribution in [0.15, 0.2) is 16.6 Å². The van der Waals surface area contributed by atoms with Crippen molar-refractivity contribution in [1.29, 1.82) is 0 Å². The third-order valence-corrected chi connectivity index (χ3v) is 3.45. The summed E-state index contributed by atoms with van der Waals surface area (Å²) in [5.74, 6) is 0.804.